The van der Waals surface area contributed by atoms with Crippen LogP contribution in [0.1, 0.15) is 29.7 Å². The second-order valence-electron chi connectivity index (χ2n) is 6.01. The van der Waals surface area contributed by atoms with E-state index in [2.05, 4.69) is 5.32 Å². The summed E-state index contributed by atoms with van der Waals surface area (Å²) in [7, 11) is 0. The van der Waals surface area contributed by atoms with Gasteiger partial charge >= 0.3 is 5.97 Å². The molecule has 138 valence electrons. The molecule has 0 aliphatic carbocycles. The van der Waals surface area contributed by atoms with Crippen molar-refractivity contribution in [1.82, 2.24) is 5.32 Å². The van der Waals surface area contributed by atoms with E-state index >= 15 is 0 Å². The zero-order valence-electron chi connectivity index (χ0n) is 15.0. The lowest BCUT2D eigenvalue weighted by Gasteiger charge is -2.15. The van der Waals surface area contributed by atoms with Crippen molar-refractivity contribution in [3.05, 3.63) is 64.2 Å². The standard InChI is InChI=1S/C20H22ClNO4/c1-13-6-4-7-14(2)20(13)26-12-19(24)25-11-18(23)22-15(3)16-8-5-9-17(21)10-16/h4-10,15H,11-12H2,1-3H3,(H,22,23)/t15-/m1/s1. The topological polar surface area (TPSA) is 64.6 Å². The highest BCUT2D eigenvalue weighted by atomic mass is 35.5. The Morgan fingerprint density at radius 3 is 2.38 bits per heavy atom. The highest BCUT2D eigenvalue weighted by Crippen LogP contribution is 2.22. The lowest BCUT2D eigenvalue weighted by molar-refractivity contribution is -0.150. The van der Waals surface area contributed by atoms with E-state index in [0.717, 1.165) is 16.7 Å². The van der Waals surface area contributed by atoms with Gasteiger partial charge in [-0.15, -0.1) is 0 Å². The predicted molar refractivity (Wildman–Crippen MR) is 100 cm³/mol. The summed E-state index contributed by atoms with van der Waals surface area (Å²) in [5.74, 6) is -0.334. The van der Waals surface area contributed by atoms with Crippen molar-refractivity contribution in [3.8, 4) is 5.75 Å². The molecule has 1 atom stereocenters. The number of halogens is 1. The van der Waals surface area contributed by atoms with Crippen molar-refractivity contribution in [3.63, 3.8) is 0 Å². The first-order chi connectivity index (χ1) is 12.4. The number of carbonyl (C=O) groups excluding carboxylic acids is 2. The number of hydrogen-bond donors (Lipinski definition) is 1. The number of carbonyl (C=O) groups is 2. The quantitative estimate of drug-likeness (QED) is 0.748. The molecule has 6 heteroatoms. The fraction of sp³-hybridized carbons (Fsp3) is 0.300. The van der Waals surface area contributed by atoms with Crippen LogP contribution in [0.5, 0.6) is 5.75 Å². The number of para-hydroxylation sites is 1. The van der Waals surface area contributed by atoms with Crippen molar-refractivity contribution in [2.75, 3.05) is 13.2 Å². The number of ether oxygens (including phenoxy) is 2. The first-order valence-corrected chi connectivity index (χ1v) is 8.64. The molecule has 2 aromatic carbocycles. The third-order valence-electron chi connectivity index (χ3n) is 3.83. The molecule has 0 aromatic heterocycles. The molecule has 0 saturated heterocycles. The second kappa shape index (κ2) is 9.25. The summed E-state index contributed by atoms with van der Waals surface area (Å²) in [5.41, 5.74) is 2.74. The number of amides is 1. The number of esters is 1. The summed E-state index contributed by atoms with van der Waals surface area (Å²) in [6.07, 6.45) is 0. The monoisotopic (exact) mass is 375 g/mol. The van der Waals surface area contributed by atoms with Crippen LogP contribution >= 0.6 is 11.6 Å². The van der Waals surface area contributed by atoms with Crippen LogP contribution in [0, 0.1) is 13.8 Å². The first-order valence-electron chi connectivity index (χ1n) is 8.26. The lowest BCUT2D eigenvalue weighted by atomic mass is 10.1. The van der Waals surface area contributed by atoms with Gasteiger partial charge in [0.15, 0.2) is 13.2 Å². The Hall–Kier alpha value is -2.53. The molecular weight excluding hydrogens is 354 g/mol. The molecular formula is C20H22ClNO4. The maximum atomic E-state index is 11.9. The second-order valence-corrected chi connectivity index (χ2v) is 6.45. The molecule has 0 heterocycles. The molecule has 0 saturated carbocycles. The minimum atomic E-state index is -0.599. The summed E-state index contributed by atoms with van der Waals surface area (Å²) >= 11 is 5.94. The molecule has 0 spiro atoms. The molecule has 2 aromatic rings. The van der Waals surface area contributed by atoms with Gasteiger partial charge in [-0.3, -0.25) is 4.79 Å². The van der Waals surface area contributed by atoms with E-state index in [4.69, 9.17) is 21.1 Å². The fourth-order valence-electron chi connectivity index (χ4n) is 2.49. The lowest BCUT2D eigenvalue weighted by Crippen LogP contribution is -2.32. The van der Waals surface area contributed by atoms with E-state index in [0.29, 0.717) is 10.8 Å². The molecule has 0 aliphatic heterocycles. The molecule has 1 N–H and O–H groups in total. The van der Waals surface area contributed by atoms with Crippen LogP contribution in [0.4, 0.5) is 0 Å². The van der Waals surface area contributed by atoms with Gasteiger partial charge < -0.3 is 14.8 Å². The molecule has 0 radical (unpaired) electrons. The van der Waals surface area contributed by atoms with Gasteiger partial charge in [-0.1, -0.05) is 41.9 Å². The molecule has 2 rings (SSSR count). The Bertz CT molecular complexity index is 771. The molecule has 1 amide bonds. The van der Waals surface area contributed by atoms with Crippen LogP contribution in [0.15, 0.2) is 42.5 Å². The van der Waals surface area contributed by atoms with Gasteiger partial charge in [-0.05, 0) is 49.6 Å². The van der Waals surface area contributed by atoms with E-state index in [1.54, 1.807) is 12.1 Å². The van der Waals surface area contributed by atoms with Crippen LogP contribution in [0.2, 0.25) is 5.02 Å². The summed E-state index contributed by atoms with van der Waals surface area (Å²) in [6.45, 7) is 5.02. The van der Waals surface area contributed by atoms with Crippen molar-refractivity contribution in [2.45, 2.75) is 26.8 Å². The van der Waals surface area contributed by atoms with Crippen LogP contribution in [0.3, 0.4) is 0 Å². The van der Waals surface area contributed by atoms with Crippen LogP contribution in [-0.2, 0) is 14.3 Å². The predicted octanol–water partition coefficient (Wildman–Crippen LogP) is 3.76. The summed E-state index contributed by atoms with van der Waals surface area (Å²) in [4.78, 5) is 23.7. The van der Waals surface area contributed by atoms with E-state index < -0.39 is 11.9 Å². The maximum Gasteiger partial charge on any atom is 0.344 e. The Morgan fingerprint density at radius 2 is 1.73 bits per heavy atom. The Labute approximate surface area is 158 Å². The van der Waals surface area contributed by atoms with Gasteiger partial charge in [-0.2, -0.15) is 0 Å². The number of aryl methyl sites for hydroxylation is 2. The highest BCUT2D eigenvalue weighted by molar-refractivity contribution is 6.30. The zero-order chi connectivity index (χ0) is 19.1. The first kappa shape index (κ1) is 19.8. The van der Waals surface area contributed by atoms with Crippen molar-refractivity contribution in [2.24, 2.45) is 0 Å². The maximum absolute atomic E-state index is 11.9. The van der Waals surface area contributed by atoms with Crippen molar-refractivity contribution in [1.29, 1.82) is 0 Å². The van der Waals surface area contributed by atoms with Crippen LogP contribution in [-0.4, -0.2) is 25.1 Å². The Kier molecular flexibility index (Phi) is 7.04. The molecule has 0 bridgehead atoms. The van der Waals surface area contributed by atoms with Gasteiger partial charge in [0, 0.05) is 5.02 Å². The third kappa shape index (κ3) is 5.77. The molecule has 26 heavy (non-hydrogen) atoms. The average molecular weight is 376 g/mol. The van der Waals surface area contributed by atoms with Gasteiger partial charge in [0.05, 0.1) is 6.04 Å². The smallest absolute Gasteiger partial charge is 0.344 e. The number of nitrogens with one attached hydrogen (secondary N) is 1. The highest BCUT2D eigenvalue weighted by Gasteiger charge is 2.13. The van der Waals surface area contributed by atoms with Crippen LogP contribution in [0.25, 0.3) is 0 Å². The third-order valence-corrected chi connectivity index (χ3v) is 4.07. The zero-order valence-corrected chi connectivity index (χ0v) is 15.8. The van der Waals surface area contributed by atoms with E-state index in [9.17, 15) is 9.59 Å². The normalized spacial score (nSPS) is 11.5. The van der Waals surface area contributed by atoms with Gasteiger partial charge in [0.1, 0.15) is 5.75 Å². The number of hydrogen-bond acceptors (Lipinski definition) is 4. The Morgan fingerprint density at radius 1 is 1.08 bits per heavy atom. The molecule has 5 nitrogen and oxygen atoms in total. The van der Waals surface area contributed by atoms with E-state index in [-0.39, 0.29) is 19.3 Å². The number of rotatable bonds is 7. The summed E-state index contributed by atoms with van der Waals surface area (Å²) in [5, 5.41) is 3.35. The van der Waals surface area contributed by atoms with E-state index in [1.807, 2.05) is 51.1 Å². The SMILES string of the molecule is Cc1cccc(C)c1OCC(=O)OCC(=O)N[C@H](C)c1cccc(Cl)c1. The van der Waals surface area contributed by atoms with Crippen LogP contribution < -0.4 is 10.1 Å². The fourth-order valence-corrected chi connectivity index (χ4v) is 2.69. The average Bonchev–Trinajstić information content (AvgIpc) is 2.59. The van der Waals surface area contributed by atoms with E-state index in [1.165, 1.54) is 0 Å². The Balaban J connectivity index is 1.77. The molecule has 0 aliphatic rings. The van der Waals surface area contributed by atoms with Gasteiger partial charge in [0.25, 0.3) is 5.91 Å². The minimum absolute atomic E-state index is 0.245. The summed E-state index contributed by atoms with van der Waals surface area (Å²) in [6, 6.07) is 12.7. The molecule has 0 unspecified atom stereocenters. The molecule has 0 fully saturated rings. The van der Waals surface area contributed by atoms with Gasteiger partial charge in [0.2, 0.25) is 0 Å². The van der Waals surface area contributed by atoms with Crippen molar-refractivity contribution >= 4 is 23.5 Å². The largest absolute Gasteiger partial charge is 0.481 e. The van der Waals surface area contributed by atoms with Gasteiger partial charge in [-0.25, -0.2) is 4.79 Å². The van der Waals surface area contributed by atoms with Crippen molar-refractivity contribution < 1.29 is 19.1 Å². The summed E-state index contributed by atoms with van der Waals surface area (Å²) < 4.78 is 10.5. The minimum Gasteiger partial charge on any atom is -0.481 e. The number of benzene rings is 2.